The van der Waals surface area contributed by atoms with Gasteiger partial charge in [0, 0.05) is 46.5 Å². The average molecular weight is 445 g/mol. The molecule has 0 unspecified atom stereocenters. The van der Waals surface area contributed by atoms with Gasteiger partial charge in [-0.3, -0.25) is 4.79 Å². The van der Waals surface area contributed by atoms with Crippen molar-refractivity contribution in [3.8, 4) is 0 Å². The molecule has 0 amide bonds. The molecule has 7 heteroatoms. The molecule has 0 aliphatic heterocycles. The lowest BCUT2D eigenvalue weighted by Crippen LogP contribution is -2.09. The van der Waals surface area contributed by atoms with Crippen molar-refractivity contribution in [3.05, 3.63) is 50.5 Å². The third kappa shape index (κ3) is 5.03. The fraction of sp³-hybridized carbons (Fsp3) is 0.350. The van der Waals surface area contributed by atoms with Crippen molar-refractivity contribution >= 4 is 39.6 Å². The standard InChI is InChI=1S/C18H18BrF3N2O.C2H6/c1-9-10(2)24-15(16(9)18(3,21)22)5-11(8-25)13-6-12(20)7-14(19)17(13)23-4;1-2/h5-8,23-24H,1-4H3;1-2H3/b11-5+;. The van der Waals surface area contributed by atoms with Crippen LogP contribution >= 0.6 is 15.9 Å². The van der Waals surface area contributed by atoms with Crippen LogP contribution in [0.5, 0.6) is 0 Å². The summed E-state index contributed by atoms with van der Waals surface area (Å²) in [5, 5.41) is 2.88. The Hall–Kier alpha value is -2.02. The number of anilines is 1. The molecular weight excluding hydrogens is 421 g/mol. The molecule has 1 aromatic carbocycles. The second kappa shape index (κ2) is 9.26. The van der Waals surface area contributed by atoms with E-state index in [1.807, 2.05) is 13.8 Å². The van der Waals surface area contributed by atoms with Gasteiger partial charge in [0.15, 0.2) is 6.29 Å². The van der Waals surface area contributed by atoms with Crippen LogP contribution in [0.15, 0.2) is 16.6 Å². The first-order valence-corrected chi connectivity index (χ1v) is 9.31. The number of rotatable bonds is 5. The lowest BCUT2D eigenvalue weighted by molar-refractivity contribution is -0.103. The molecule has 0 spiro atoms. The molecule has 148 valence electrons. The number of halogens is 4. The Morgan fingerprint density at radius 1 is 1.26 bits per heavy atom. The Labute approximate surface area is 166 Å². The van der Waals surface area contributed by atoms with E-state index in [-0.39, 0.29) is 22.4 Å². The van der Waals surface area contributed by atoms with Crippen molar-refractivity contribution in [3.63, 3.8) is 0 Å². The number of benzene rings is 1. The molecule has 3 nitrogen and oxygen atoms in total. The molecule has 2 rings (SSSR count). The van der Waals surface area contributed by atoms with Gasteiger partial charge >= 0.3 is 0 Å². The minimum Gasteiger partial charge on any atom is -0.387 e. The van der Waals surface area contributed by atoms with E-state index in [4.69, 9.17) is 0 Å². The molecule has 1 heterocycles. The average Bonchev–Trinajstić information content (AvgIpc) is 2.87. The number of alkyl halides is 2. The molecule has 0 aliphatic rings. The number of aldehydes is 1. The summed E-state index contributed by atoms with van der Waals surface area (Å²) in [5.41, 5.74) is 1.82. The van der Waals surface area contributed by atoms with Crippen LogP contribution in [0.1, 0.15) is 48.8 Å². The quantitative estimate of drug-likeness (QED) is 0.410. The highest BCUT2D eigenvalue weighted by atomic mass is 79.9. The molecule has 0 saturated heterocycles. The molecule has 0 atom stereocenters. The molecule has 0 fully saturated rings. The van der Waals surface area contributed by atoms with E-state index >= 15 is 0 Å². The summed E-state index contributed by atoms with van der Waals surface area (Å²) in [4.78, 5) is 14.5. The van der Waals surface area contributed by atoms with E-state index < -0.39 is 11.7 Å². The molecule has 1 aromatic heterocycles. The van der Waals surface area contributed by atoms with Crippen LogP contribution in [0, 0.1) is 19.7 Å². The Morgan fingerprint density at radius 2 is 1.85 bits per heavy atom. The van der Waals surface area contributed by atoms with Gasteiger partial charge in [-0.15, -0.1) is 0 Å². The van der Waals surface area contributed by atoms with Gasteiger partial charge in [-0.25, -0.2) is 13.2 Å². The van der Waals surface area contributed by atoms with E-state index in [2.05, 4.69) is 26.2 Å². The molecule has 0 saturated carbocycles. The highest BCUT2D eigenvalue weighted by molar-refractivity contribution is 9.10. The minimum atomic E-state index is -3.08. The van der Waals surface area contributed by atoms with E-state index in [9.17, 15) is 18.0 Å². The zero-order valence-electron chi connectivity index (χ0n) is 16.2. The topological polar surface area (TPSA) is 44.9 Å². The fourth-order valence-corrected chi connectivity index (χ4v) is 3.44. The maximum atomic E-state index is 14.0. The normalized spacial score (nSPS) is 11.7. The molecule has 2 N–H and O–H groups in total. The van der Waals surface area contributed by atoms with Crippen LogP contribution in [-0.2, 0) is 10.7 Å². The fourth-order valence-electron chi connectivity index (χ4n) is 2.81. The zero-order chi connectivity index (χ0) is 20.9. The number of nitrogens with one attached hydrogen (secondary N) is 2. The van der Waals surface area contributed by atoms with E-state index in [0.717, 1.165) is 6.92 Å². The number of allylic oxidation sites excluding steroid dienone is 1. The molecule has 0 radical (unpaired) electrons. The summed E-state index contributed by atoms with van der Waals surface area (Å²) in [6, 6.07) is 2.44. The van der Waals surface area contributed by atoms with Gasteiger partial charge in [0.2, 0.25) is 0 Å². The smallest absolute Gasteiger partial charge is 0.272 e. The third-order valence-corrected chi connectivity index (χ3v) is 4.64. The summed E-state index contributed by atoms with van der Waals surface area (Å²) < 4.78 is 42.2. The third-order valence-electron chi connectivity index (χ3n) is 4.01. The van der Waals surface area contributed by atoms with Crippen LogP contribution in [0.2, 0.25) is 0 Å². The predicted octanol–water partition coefficient (Wildman–Crippen LogP) is 6.45. The Morgan fingerprint density at radius 3 is 2.33 bits per heavy atom. The summed E-state index contributed by atoms with van der Waals surface area (Å²) >= 11 is 3.23. The highest BCUT2D eigenvalue weighted by Gasteiger charge is 2.31. The molecule has 0 aliphatic carbocycles. The van der Waals surface area contributed by atoms with E-state index in [1.165, 1.54) is 18.2 Å². The number of H-pyrrole nitrogens is 1. The van der Waals surface area contributed by atoms with Gasteiger partial charge in [-0.2, -0.15) is 0 Å². The Bertz CT molecular complexity index is 852. The number of carbonyl (C=O) groups excluding carboxylic acids is 1. The van der Waals surface area contributed by atoms with Crippen molar-refractivity contribution in [2.45, 2.75) is 40.5 Å². The number of aromatic nitrogens is 1. The van der Waals surface area contributed by atoms with Gasteiger partial charge in [0.1, 0.15) is 5.82 Å². The van der Waals surface area contributed by atoms with Gasteiger partial charge < -0.3 is 10.3 Å². The number of hydrogen-bond acceptors (Lipinski definition) is 2. The van der Waals surface area contributed by atoms with Gasteiger partial charge in [0.25, 0.3) is 5.92 Å². The van der Waals surface area contributed by atoms with Crippen molar-refractivity contribution in [1.29, 1.82) is 0 Å². The highest BCUT2D eigenvalue weighted by Crippen LogP contribution is 2.37. The number of aryl methyl sites for hydroxylation is 1. The largest absolute Gasteiger partial charge is 0.387 e. The van der Waals surface area contributed by atoms with Crippen LogP contribution in [0.3, 0.4) is 0 Å². The SMILES string of the molecule is CC.CNc1c(Br)cc(F)cc1/C(C=O)=C/c1[nH]c(C)c(C)c1C(C)(F)F. The second-order valence-corrected chi connectivity index (χ2v) is 6.68. The van der Waals surface area contributed by atoms with Crippen molar-refractivity contribution in [2.75, 3.05) is 12.4 Å². The summed E-state index contributed by atoms with van der Waals surface area (Å²) in [5.74, 6) is -3.63. The number of aromatic amines is 1. The van der Waals surface area contributed by atoms with Crippen LogP contribution < -0.4 is 5.32 Å². The first-order valence-electron chi connectivity index (χ1n) is 8.51. The van der Waals surface area contributed by atoms with E-state index in [1.54, 1.807) is 20.9 Å². The Kier molecular flexibility index (Phi) is 7.90. The van der Waals surface area contributed by atoms with Gasteiger partial charge in [-0.05, 0) is 53.5 Å². The molecule has 0 bridgehead atoms. The molecular formula is C20H24BrF3N2O. The van der Waals surface area contributed by atoms with Crippen molar-refractivity contribution in [2.24, 2.45) is 0 Å². The van der Waals surface area contributed by atoms with Gasteiger partial charge in [-0.1, -0.05) is 13.8 Å². The first-order chi connectivity index (χ1) is 12.6. The van der Waals surface area contributed by atoms with Crippen molar-refractivity contribution < 1.29 is 18.0 Å². The summed E-state index contributed by atoms with van der Waals surface area (Å²) in [7, 11) is 1.62. The van der Waals surface area contributed by atoms with Gasteiger partial charge in [0.05, 0.1) is 5.69 Å². The Balaban J connectivity index is 0.00000176. The summed E-state index contributed by atoms with van der Waals surface area (Å²) in [6.07, 6.45) is 1.84. The lowest BCUT2D eigenvalue weighted by atomic mass is 9.99. The molecule has 27 heavy (non-hydrogen) atoms. The first kappa shape index (κ1) is 23.0. The maximum absolute atomic E-state index is 14.0. The number of carbonyl (C=O) groups is 1. The zero-order valence-corrected chi connectivity index (χ0v) is 17.8. The van der Waals surface area contributed by atoms with Crippen molar-refractivity contribution in [1.82, 2.24) is 4.98 Å². The summed E-state index contributed by atoms with van der Waals surface area (Å²) in [6.45, 7) is 8.08. The van der Waals surface area contributed by atoms with E-state index in [0.29, 0.717) is 27.7 Å². The maximum Gasteiger partial charge on any atom is 0.272 e. The lowest BCUT2D eigenvalue weighted by Gasteiger charge is -2.14. The van der Waals surface area contributed by atoms with Crippen LogP contribution in [-0.4, -0.2) is 18.3 Å². The molecule has 2 aromatic rings. The minimum absolute atomic E-state index is 0.0799. The monoisotopic (exact) mass is 444 g/mol. The van der Waals surface area contributed by atoms with Crippen LogP contribution in [0.4, 0.5) is 18.9 Å². The van der Waals surface area contributed by atoms with Crippen LogP contribution in [0.25, 0.3) is 11.6 Å². The number of hydrogen-bond donors (Lipinski definition) is 2. The second-order valence-electron chi connectivity index (χ2n) is 5.83. The predicted molar refractivity (Wildman–Crippen MR) is 109 cm³/mol.